The highest BCUT2D eigenvalue weighted by Gasteiger charge is 2.25. The zero-order valence-corrected chi connectivity index (χ0v) is 40.8. The molecule has 2 aliphatic rings. The van der Waals surface area contributed by atoms with Crippen molar-refractivity contribution in [3.05, 3.63) is 179 Å². The van der Waals surface area contributed by atoms with Gasteiger partial charge in [0.15, 0.2) is 11.4 Å². The van der Waals surface area contributed by atoms with Crippen LogP contribution in [0.3, 0.4) is 0 Å². The molecule has 11 heteroatoms. The van der Waals surface area contributed by atoms with Crippen LogP contribution in [-0.2, 0) is 14.2 Å². The number of para-hydroxylation sites is 2. The second-order valence-corrected chi connectivity index (χ2v) is 18.5. The molecule has 0 spiro atoms. The molecule has 4 heterocycles. The molecule has 0 N–H and O–H groups in total. The second-order valence-electron chi connectivity index (χ2n) is 17.7. The number of carbonyl (C=O) groups is 1. The van der Waals surface area contributed by atoms with Gasteiger partial charge in [-0.3, -0.25) is 9.97 Å². The molecule has 69 heavy (non-hydrogen) atoms. The number of benzene rings is 6. The summed E-state index contributed by atoms with van der Waals surface area (Å²) in [7, 11) is 1.40. The summed E-state index contributed by atoms with van der Waals surface area (Å²) in [6.45, 7) is 26.3. The molecule has 0 amide bonds. The van der Waals surface area contributed by atoms with Crippen molar-refractivity contribution >= 4 is 66.5 Å². The minimum absolute atomic E-state index is 0.177. The molecule has 10 nitrogen and oxygen atoms in total. The van der Waals surface area contributed by atoms with Crippen molar-refractivity contribution < 1.29 is 19.0 Å². The third kappa shape index (κ3) is 9.95. The van der Waals surface area contributed by atoms with Crippen molar-refractivity contribution in [1.29, 1.82) is 0 Å². The summed E-state index contributed by atoms with van der Waals surface area (Å²) in [6, 6.07) is 44.0. The Morgan fingerprint density at radius 2 is 0.928 bits per heavy atom. The molecule has 0 radical (unpaired) electrons. The topological polar surface area (TPSA) is 85.7 Å². The lowest BCUT2D eigenvalue weighted by Crippen LogP contribution is -2.45. The molecule has 2 aromatic heterocycles. The fraction of sp³-hybridized carbons (Fsp3) is 0.224. The number of anilines is 2. The van der Waals surface area contributed by atoms with Gasteiger partial charge in [0, 0.05) is 87.4 Å². The smallest absolute Gasteiger partial charge is 0.339 e. The fourth-order valence-corrected chi connectivity index (χ4v) is 10.2. The number of carbonyl (C=O) groups excluding carboxylic acids is 1. The Labute approximate surface area is 411 Å². The molecular weight excluding hydrogens is 925 g/mol. The molecule has 0 aliphatic carbocycles. The van der Waals surface area contributed by atoms with Gasteiger partial charge >= 0.3 is 5.97 Å². The number of methoxy groups -OCH3 is 1. The maximum atomic E-state index is 13.0. The van der Waals surface area contributed by atoms with Gasteiger partial charge in [0.05, 0.1) is 61.3 Å². The number of halogens is 1. The highest BCUT2D eigenvalue weighted by atomic mass is 79.9. The SMILES string of the molecule is [C-]#[N+]c1ccc(-c2cccc3c(Br)c(-c4ccc(N5C[C@@H](C)O[C@@H](C)C5)cc4)cnc23)cc1.[C-]#[N+]c1ccc(-c2cccc3c(C(=O)OC)c(-c4ccc(N5C[C@@H](C)O[C@@H](C)C5)cc4)cnc23)cc1. The predicted molar refractivity (Wildman–Crippen MR) is 281 cm³/mol. The number of rotatable bonds is 7. The van der Waals surface area contributed by atoms with E-state index in [4.69, 9.17) is 37.3 Å². The lowest BCUT2D eigenvalue weighted by atomic mass is 9.94. The minimum atomic E-state index is -0.405. The highest BCUT2D eigenvalue weighted by Crippen LogP contribution is 2.39. The van der Waals surface area contributed by atoms with E-state index in [1.807, 2.05) is 72.9 Å². The third-order valence-corrected chi connectivity index (χ3v) is 13.5. The van der Waals surface area contributed by atoms with Crippen LogP contribution < -0.4 is 9.80 Å². The zero-order valence-electron chi connectivity index (χ0n) is 39.2. The Bertz CT molecular complexity index is 3220. The van der Waals surface area contributed by atoms with Crippen LogP contribution >= 0.6 is 15.9 Å². The highest BCUT2D eigenvalue weighted by molar-refractivity contribution is 9.10. The molecule has 6 aromatic carbocycles. The first-order valence-corrected chi connectivity index (χ1v) is 23.9. The van der Waals surface area contributed by atoms with Gasteiger partial charge < -0.3 is 24.0 Å². The summed E-state index contributed by atoms with van der Waals surface area (Å²) >= 11 is 3.85. The van der Waals surface area contributed by atoms with Gasteiger partial charge in [0.2, 0.25) is 0 Å². The quantitative estimate of drug-likeness (QED) is 0.115. The van der Waals surface area contributed by atoms with E-state index in [0.29, 0.717) is 22.5 Å². The molecular formula is C58H51BrN6O4. The van der Waals surface area contributed by atoms with Crippen molar-refractivity contribution in [3.63, 3.8) is 0 Å². The van der Waals surface area contributed by atoms with Crippen LogP contribution in [0, 0.1) is 13.1 Å². The Morgan fingerprint density at radius 3 is 1.36 bits per heavy atom. The number of hydrogen-bond acceptors (Lipinski definition) is 8. The molecule has 344 valence electrons. The van der Waals surface area contributed by atoms with Crippen LogP contribution in [0.1, 0.15) is 38.1 Å². The van der Waals surface area contributed by atoms with Gasteiger partial charge in [-0.1, -0.05) is 109 Å². The molecule has 0 bridgehead atoms. The largest absolute Gasteiger partial charge is 0.465 e. The molecule has 0 saturated carbocycles. The first-order valence-electron chi connectivity index (χ1n) is 23.1. The average molecular weight is 976 g/mol. The Balaban J connectivity index is 0.000000172. The van der Waals surface area contributed by atoms with Gasteiger partial charge in [0.25, 0.3) is 0 Å². The Kier molecular flexibility index (Phi) is 13.8. The molecule has 2 fully saturated rings. The van der Waals surface area contributed by atoms with Crippen LogP contribution in [0.5, 0.6) is 0 Å². The lowest BCUT2D eigenvalue weighted by molar-refractivity contribution is -0.00548. The third-order valence-electron chi connectivity index (χ3n) is 12.7. The Morgan fingerprint density at radius 1 is 0.551 bits per heavy atom. The first kappa shape index (κ1) is 46.7. The van der Waals surface area contributed by atoms with Crippen LogP contribution in [0.4, 0.5) is 22.7 Å². The van der Waals surface area contributed by atoms with E-state index in [1.165, 1.54) is 12.8 Å². The summed E-state index contributed by atoms with van der Waals surface area (Å²) in [6.07, 6.45) is 4.52. The van der Waals surface area contributed by atoms with E-state index < -0.39 is 5.97 Å². The van der Waals surface area contributed by atoms with Crippen LogP contribution in [0.2, 0.25) is 0 Å². The summed E-state index contributed by atoms with van der Waals surface area (Å²) in [5, 5.41) is 1.80. The molecule has 2 saturated heterocycles. The number of morpholine rings is 2. The molecule has 10 rings (SSSR count). The molecule has 2 aliphatic heterocycles. The monoisotopic (exact) mass is 974 g/mol. The average Bonchev–Trinajstić information content (AvgIpc) is 3.37. The normalized spacial score (nSPS) is 17.9. The maximum Gasteiger partial charge on any atom is 0.339 e. The number of hydrogen-bond donors (Lipinski definition) is 0. The van der Waals surface area contributed by atoms with E-state index in [0.717, 1.165) is 97.1 Å². The van der Waals surface area contributed by atoms with Gasteiger partial charge in [-0.15, -0.1) is 0 Å². The van der Waals surface area contributed by atoms with Gasteiger partial charge in [-0.05, 0) is 90.1 Å². The minimum Gasteiger partial charge on any atom is -0.465 e. The summed E-state index contributed by atoms with van der Waals surface area (Å²) in [5.41, 5.74) is 13.5. The zero-order chi connectivity index (χ0) is 48.2. The number of ether oxygens (including phenoxy) is 3. The van der Waals surface area contributed by atoms with Crippen molar-refractivity contribution in [2.24, 2.45) is 0 Å². The Hall–Kier alpha value is -7.41. The summed E-state index contributed by atoms with van der Waals surface area (Å²) < 4.78 is 18.0. The van der Waals surface area contributed by atoms with Crippen molar-refractivity contribution in [1.82, 2.24) is 9.97 Å². The first-order chi connectivity index (χ1) is 33.5. The summed E-state index contributed by atoms with van der Waals surface area (Å²) in [5.74, 6) is -0.405. The summed E-state index contributed by atoms with van der Waals surface area (Å²) in [4.78, 5) is 34.4. The van der Waals surface area contributed by atoms with Crippen LogP contribution in [0.15, 0.2) is 150 Å². The molecule has 0 unspecified atom stereocenters. The van der Waals surface area contributed by atoms with Gasteiger partial charge in [-0.25, -0.2) is 14.5 Å². The number of nitrogens with zero attached hydrogens (tertiary/aromatic N) is 6. The number of fused-ring (bicyclic) bond motifs is 2. The van der Waals surface area contributed by atoms with Gasteiger partial charge in [-0.2, -0.15) is 0 Å². The fourth-order valence-electron chi connectivity index (χ4n) is 9.53. The lowest BCUT2D eigenvalue weighted by Gasteiger charge is -2.37. The van der Waals surface area contributed by atoms with Crippen LogP contribution in [0.25, 0.3) is 76.0 Å². The second kappa shape index (κ2) is 20.4. The molecule has 4 atom stereocenters. The van der Waals surface area contributed by atoms with E-state index in [2.05, 4.69) is 118 Å². The van der Waals surface area contributed by atoms with E-state index in [9.17, 15) is 4.79 Å². The van der Waals surface area contributed by atoms with Crippen LogP contribution in [-0.4, -0.2) is 73.6 Å². The number of pyridine rings is 2. The van der Waals surface area contributed by atoms with E-state index in [1.54, 1.807) is 18.3 Å². The standard InChI is InChI=1S/C30H27N3O3.C28H24BrN3O/c1-19-17-33(18-20(2)36-19)24-14-10-22(11-15-24)27-16-32-29-25(21-8-12-23(31-3)13-9-21)6-5-7-26(29)28(27)30(34)35-4;1-18-16-32(17-19(2)33-18)23-13-9-21(10-14-23)26-15-31-28-24(5-4-6-25(28)27(26)29)20-7-11-22(30-3)12-8-20/h5-16,19-20H,17-18H2,1-2,4H3;4-15,18-19H,16-17H2,1-2H3/t19-,20+;18-,19+. The predicted octanol–water partition coefficient (Wildman–Crippen LogP) is 14.0. The van der Waals surface area contributed by atoms with E-state index in [-0.39, 0.29) is 24.4 Å². The van der Waals surface area contributed by atoms with Crippen molar-refractivity contribution in [2.75, 3.05) is 43.1 Å². The van der Waals surface area contributed by atoms with Crippen molar-refractivity contribution in [3.8, 4) is 44.5 Å². The van der Waals surface area contributed by atoms with Crippen molar-refractivity contribution in [2.45, 2.75) is 52.1 Å². The molecule has 8 aromatic rings. The number of esters is 1. The van der Waals surface area contributed by atoms with Gasteiger partial charge in [0.1, 0.15) is 0 Å². The van der Waals surface area contributed by atoms with E-state index >= 15 is 0 Å². The maximum absolute atomic E-state index is 13.0. The number of aromatic nitrogens is 2.